The molecular formula is C19H23FN4O3. The molecule has 2 fully saturated rings. The fourth-order valence-corrected chi connectivity index (χ4v) is 3.77. The van der Waals surface area contributed by atoms with Crippen molar-refractivity contribution in [3.05, 3.63) is 47.4 Å². The molecule has 2 heterocycles. The van der Waals surface area contributed by atoms with Crippen LogP contribution in [0.3, 0.4) is 0 Å². The van der Waals surface area contributed by atoms with Crippen LogP contribution >= 0.6 is 0 Å². The van der Waals surface area contributed by atoms with Crippen LogP contribution in [-0.2, 0) is 0 Å². The van der Waals surface area contributed by atoms with Gasteiger partial charge in [0.05, 0.1) is 0 Å². The number of amides is 1. The highest BCUT2D eigenvalue weighted by Crippen LogP contribution is 2.40. The van der Waals surface area contributed by atoms with E-state index in [2.05, 4.69) is 15.0 Å². The number of carbonyl (C=O) groups is 1. The number of aromatic nitrogens is 2. The van der Waals surface area contributed by atoms with Gasteiger partial charge in [0.25, 0.3) is 0 Å². The molecule has 2 aliphatic rings. The molecule has 0 radical (unpaired) electrons. The first kappa shape index (κ1) is 17.9. The predicted octanol–water partition coefficient (Wildman–Crippen LogP) is 3.25. The molecule has 1 aliphatic carbocycles. The van der Waals surface area contributed by atoms with E-state index in [4.69, 9.17) is 4.52 Å². The number of hydrogen-bond donors (Lipinski definition) is 1. The van der Waals surface area contributed by atoms with Crippen LogP contribution in [0.15, 0.2) is 28.8 Å². The van der Waals surface area contributed by atoms with E-state index in [1.165, 1.54) is 17.0 Å². The SMILES string of the molecule is CC1CN(C(=O)O)[C@@H](C)CN1C(c1ccc(F)cc1)c1nc(C2CC2)no1. The highest BCUT2D eigenvalue weighted by Gasteiger charge is 2.39. The lowest BCUT2D eigenvalue weighted by molar-refractivity contribution is 0.0211. The van der Waals surface area contributed by atoms with E-state index in [1.807, 2.05) is 13.8 Å². The zero-order chi connectivity index (χ0) is 19.1. The summed E-state index contributed by atoms with van der Waals surface area (Å²) in [5.74, 6) is 1.27. The Morgan fingerprint density at radius 2 is 1.93 bits per heavy atom. The Morgan fingerprint density at radius 1 is 1.22 bits per heavy atom. The van der Waals surface area contributed by atoms with E-state index in [0.717, 1.165) is 24.2 Å². The van der Waals surface area contributed by atoms with Crippen molar-refractivity contribution >= 4 is 6.09 Å². The van der Waals surface area contributed by atoms with Crippen LogP contribution in [-0.4, -0.2) is 56.3 Å². The highest BCUT2D eigenvalue weighted by molar-refractivity contribution is 5.65. The van der Waals surface area contributed by atoms with E-state index < -0.39 is 6.09 Å². The third-order valence-corrected chi connectivity index (χ3v) is 5.43. The first-order chi connectivity index (χ1) is 12.9. The average Bonchev–Trinajstić information content (AvgIpc) is 3.38. The number of nitrogens with zero attached hydrogens (tertiary/aromatic N) is 4. The second kappa shape index (κ2) is 6.92. The molecule has 8 heteroatoms. The minimum atomic E-state index is -0.916. The Kier molecular flexibility index (Phi) is 4.59. The monoisotopic (exact) mass is 374 g/mol. The van der Waals surface area contributed by atoms with Gasteiger partial charge in [-0.1, -0.05) is 17.3 Å². The zero-order valence-electron chi connectivity index (χ0n) is 15.4. The summed E-state index contributed by atoms with van der Waals surface area (Å²) < 4.78 is 19.1. The average molecular weight is 374 g/mol. The minimum Gasteiger partial charge on any atom is -0.465 e. The fourth-order valence-electron chi connectivity index (χ4n) is 3.77. The van der Waals surface area contributed by atoms with E-state index in [0.29, 0.717) is 24.9 Å². The van der Waals surface area contributed by atoms with Gasteiger partial charge < -0.3 is 14.5 Å². The first-order valence-electron chi connectivity index (χ1n) is 9.28. The Hall–Kier alpha value is -2.48. The van der Waals surface area contributed by atoms with Crippen LogP contribution in [0.25, 0.3) is 0 Å². The maximum absolute atomic E-state index is 13.5. The van der Waals surface area contributed by atoms with E-state index in [-0.39, 0.29) is 23.9 Å². The molecule has 1 aromatic carbocycles. The van der Waals surface area contributed by atoms with Crippen LogP contribution in [0.5, 0.6) is 0 Å². The van der Waals surface area contributed by atoms with Crippen LogP contribution < -0.4 is 0 Å². The molecule has 0 bridgehead atoms. The van der Waals surface area contributed by atoms with Crippen molar-refractivity contribution in [2.75, 3.05) is 13.1 Å². The van der Waals surface area contributed by atoms with Gasteiger partial charge in [-0.15, -0.1) is 0 Å². The van der Waals surface area contributed by atoms with Gasteiger partial charge in [-0.2, -0.15) is 4.98 Å². The third-order valence-electron chi connectivity index (χ3n) is 5.43. The summed E-state index contributed by atoms with van der Waals surface area (Å²) in [5.41, 5.74) is 0.852. The maximum Gasteiger partial charge on any atom is 0.407 e. The van der Waals surface area contributed by atoms with Crippen LogP contribution in [0.4, 0.5) is 9.18 Å². The van der Waals surface area contributed by atoms with Gasteiger partial charge in [0.15, 0.2) is 5.82 Å². The molecule has 1 N–H and O–H groups in total. The first-order valence-corrected chi connectivity index (χ1v) is 9.28. The molecule has 27 heavy (non-hydrogen) atoms. The lowest BCUT2D eigenvalue weighted by atomic mass is 9.99. The quantitative estimate of drug-likeness (QED) is 0.885. The van der Waals surface area contributed by atoms with Crippen LogP contribution in [0, 0.1) is 5.82 Å². The van der Waals surface area contributed by atoms with Crippen LogP contribution in [0.2, 0.25) is 0 Å². The van der Waals surface area contributed by atoms with Gasteiger partial charge in [-0.05, 0) is 44.4 Å². The van der Waals surface area contributed by atoms with Crippen molar-refractivity contribution in [2.24, 2.45) is 0 Å². The van der Waals surface area contributed by atoms with Crippen molar-refractivity contribution in [1.29, 1.82) is 0 Å². The number of carboxylic acid groups (broad SMARTS) is 1. The number of halogens is 1. The molecule has 2 unspecified atom stereocenters. The van der Waals surface area contributed by atoms with Crippen molar-refractivity contribution in [3.8, 4) is 0 Å². The smallest absolute Gasteiger partial charge is 0.407 e. The van der Waals surface area contributed by atoms with Gasteiger partial charge in [-0.3, -0.25) is 4.90 Å². The second-order valence-corrected chi connectivity index (χ2v) is 7.55. The molecule has 144 valence electrons. The minimum absolute atomic E-state index is 0.0522. The Balaban J connectivity index is 1.68. The van der Waals surface area contributed by atoms with Crippen molar-refractivity contribution in [1.82, 2.24) is 19.9 Å². The lowest BCUT2D eigenvalue weighted by Crippen LogP contribution is -2.58. The summed E-state index contributed by atoms with van der Waals surface area (Å²) in [7, 11) is 0. The Morgan fingerprint density at radius 3 is 2.56 bits per heavy atom. The standard InChI is InChI=1S/C19H23FN4O3/c1-11-10-24(19(25)26)12(2)9-23(11)16(13-5-7-15(20)8-6-13)18-21-17(22-27-18)14-3-4-14/h5-8,11-12,14,16H,3-4,9-10H2,1-2H3,(H,25,26)/t11?,12-,16?/m0/s1. The van der Waals surface area contributed by atoms with Gasteiger partial charge in [0, 0.05) is 31.1 Å². The van der Waals surface area contributed by atoms with Crippen molar-refractivity contribution in [2.45, 2.75) is 50.7 Å². The summed E-state index contributed by atoms with van der Waals surface area (Å²) in [4.78, 5) is 19.7. The largest absolute Gasteiger partial charge is 0.465 e. The molecule has 1 saturated carbocycles. The Labute approximate surface area is 156 Å². The third kappa shape index (κ3) is 3.53. The lowest BCUT2D eigenvalue weighted by Gasteiger charge is -2.45. The molecule has 1 saturated heterocycles. The number of piperazine rings is 1. The number of rotatable bonds is 4. The molecule has 4 rings (SSSR count). The summed E-state index contributed by atoms with van der Waals surface area (Å²) in [6.07, 6.45) is 1.23. The Bertz CT molecular complexity index is 821. The fraction of sp³-hybridized carbons (Fsp3) is 0.526. The van der Waals surface area contributed by atoms with Crippen molar-refractivity contribution < 1.29 is 18.8 Å². The molecule has 1 aliphatic heterocycles. The molecule has 7 nitrogen and oxygen atoms in total. The van der Waals surface area contributed by atoms with E-state index in [9.17, 15) is 14.3 Å². The molecule has 2 aromatic rings. The topological polar surface area (TPSA) is 82.7 Å². The zero-order valence-corrected chi connectivity index (χ0v) is 15.4. The van der Waals surface area contributed by atoms with E-state index >= 15 is 0 Å². The number of benzene rings is 1. The van der Waals surface area contributed by atoms with Gasteiger partial charge in [-0.25, -0.2) is 9.18 Å². The van der Waals surface area contributed by atoms with Crippen molar-refractivity contribution in [3.63, 3.8) is 0 Å². The maximum atomic E-state index is 13.5. The molecule has 3 atom stereocenters. The predicted molar refractivity (Wildman–Crippen MR) is 94.9 cm³/mol. The van der Waals surface area contributed by atoms with Gasteiger partial charge >= 0.3 is 6.09 Å². The highest BCUT2D eigenvalue weighted by atomic mass is 19.1. The van der Waals surface area contributed by atoms with E-state index in [1.54, 1.807) is 12.1 Å². The summed E-state index contributed by atoms with van der Waals surface area (Å²) in [5, 5.41) is 13.5. The summed E-state index contributed by atoms with van der Waals surface area (Å²) in [6.45, 7) is 4.78. The summed E-state index contributed by atoms with van der Waals surface area (Å²) >= 11 is 0. The number of hydrogen-bond acceptors (Lipinski definition) is 5. The second-order valence-electron chi connectivity index (χ2n) is 7.55. The molecule has 1 amide bonds. The molecule has 0 spiro atoms. The summed E-state index contributed by atoms with van der Waals surface area (Å²) in [6, 6.07) is 5.73. The molecule has 1 aromatic heterocycles. The van der Waals surface area contributed by atoms with Gasteiger partial charge in [0.2, 0.25) is 5.89 Å². The molecular weight excluding hydrogens is 351 g/mol. The normalized spacial score (nSPS) is 24.8. The van der Waals surface area contributed by atoms with Crippen LogP contribution in [0.1, 0.15) is 55.9 Å². The van der Waals surface area contributed by atoms with Gasteiger partial charge in [0.1, 0.15) is 11.9 Å².